The van der Waals surface area contributed by atoms with Crippen molar-refractivity contribution in [3.63, 3.8) is 0 Å². The van der Waals surface area contributed by atoms with Crippen molar-refractivity contribution in [2.45, 2.75) is 122 Å². The number of hydrogen-bond donors (Lipinski definition) is 2. The van der Waals surface area contributed by atoms with Gasteiger partial charge in [-0.25, -0.2) is 0 Å². The van der Waals surface area contributed by atoms with E-state index in [2.05, 4.69) is 15.5 Å². The lowest BCUT2D eigenvalue weighted by Crippen LogP contribution is -2.49. The second-order valence-electron chi connectivity index (χ2n) is 14.6. The van der Waals surface area contributed by atoms with Gasteiger partial charge in [0.25, 0.3) is 11.8 Å². The summed E-state index contributed by atoms with van der Waals surface area (Å²) in [6.07, 6.45) is 5.78. The zero-order valence-corrected chi connectivity index (χ0v) is 29.5. The molecule has 0 saturated carbocycles. The van der Waals surface area contributed by atoms with Crippen LogP contribution in [0.3, 0.4) is 0 Å². The summed E-state index contributed by atoms with van der Waals surface area (Å²) in [5, 5.41) is 9.87. The second-order valence-corrected chi connectivity index (χ2v) is 14.6. The highest BCUT2D eigenvalue weighted by Gasteiger charge is 2.33. The lowest BCUT2D eigenvalue weighted by molar-refractivity contribution is -0.122. The molecule has 0 spiro atoms. The Balaban J connectivity index is 0.000000212. The summed E-state index contributed by atoms with van der Waals surface area (Å²) in [6, 6.07) is 6.51. The number of carbonyl (C=O) groups excluding carboxylic acids is 4. The fourth-order valence-electron chi connectivity index (χ4n) is 5.84. The molecule has 12 nitrogen and oxygen atoms in total. The van der Waals surface area contributed by atoms with E-state index in [4.69, 9.17) is 18.9 Å². The van der Waals surface area contributed by atoms with Crippen LogP contribution in [-0.4, -0.2) is 83.3 Å². The molecule has 48 heavy (non-hydrogen) atoms. The SMILES string of the molecule is CC1(C)CC(=O)CCCO1.CC1(C)CCC(=O)CCO1.CN1C(=O)[C@@H](NC(=O)c2n[nH]c3c2CCC(C)(C)OC3)COc2ccccc21. The molecule has 0 bridgehead atoms. The van der Waals surface area contributed by atoms with Crippen LogP contribution in [0.2, 0.25) is 0 Å². The molecule has 4 aliphatic rings. The number of rotatable bonds is 2. The fourth-order valence-corrected chi connectivity index (χ4v) is 5.84. The highest BCUT2D eigenvalue weighted by molar-refractivity contribution is 6.03. The van der Waals surface area contributed by atoms with E-state index in [-0.39, 0.29) is 29.3 Å². The third-order valence-electron chi connectivity index (χ3n) is 8.91. The number of anilines is 1. The Morgan fingerprint density at radius 3 is 2.33 bits per heavy atom. The highest BCUT2D eigenvalue weighted by Crippen LogP contribution is 2.31. The third-order valence-corrected chi connectivity index (χ3v) is 8.91. The molecular formula is C36H52N4O8. The van der Waals surface area contributed by atoms with Crippen LogP contribution in [0, 0.1) is 0 Å². The minimum Gasteiger partial charge on any atom is -0.489 e. The van der Waals surface area contributed by atoms with Crippen LogP contribution < -0.4 is 15.0 Å². The monoisotopic (exact) mass is 668 g/mol. The molecule has 5 heterocycles. The van der Waals surface area contributed by atoms with Crippen LogP contribution in [0.15, 0.2) is 24.3 Å². The first-order valence-corrected chi connectivity index (χ1v) is 16.9. The first kappa shape index (κ1) is 37.2. The number of para-hydroxylation sites is 2. The minimum absolute atomic E-state index is 0.0642. The second kappa shape index (κ2) is 15.7. The number of likely N-dealkylation sites (N-methyl/N-ethyl adjacent to an activating group) is 1. The van der Waals surface area contributed by atoms with Gasteiger partial charge in [-0.15, -0.1) is 0 Å². The van der Waals surface area contributed by atoms with Gasteiger partial charge in [0.2, 0.25) is 0 Å². The van der Waals surface area contributed by atoms with Crippen molar-refractivity contribution in [2.75, 3.05) is 31.8 Å². The molecule has 1 aromatic carbocycles. The van der Waals surface area contributed by atoms with Gasteiger partial charge in [0, 0.05) is 44.9 Å². The Morgan fingerprint density at radius 2 is 1.56 bits per heavy atom. The zero-order chi connectivity index (χ0) is 35.1. The lowest BCUT2D eigenvalue weighted by atomic mass is 9.98. The van der Waals surface area contributed by atoms with Crippen molar-refractivity contribution in [1.82, 2.24) is 15.5 Å². The number of H-pyrrole nitrogens is 1. The molecular weight excluding hydrogens is 616 g/mol. The number of nitrogens with one attached hydrogen (secondary N) is 2. The summed E-state index contributed by atoms with van der Waals surface area (Å²) in [7, 11) is 1.68. The molecule has 0 unspecified atom stereocenters. The first-order valence-electron chi connectivity index (χ1n) is 16.9. The lowest BCUT2D eigenvalue weighted by Gasteiger charge is -2.22. The summed E-state index contributed by atoms with van der Waals surface area (Å²) in [5.74, 6) is 0.666. The number of carbonyl (C=O) groups is 4. The van der Waals surface area contributed by atoms with E-state index in [0.29, 0.717) is 74.0 Å². The van der Waals surface area contributed by atoms with Gasteiger partial charge >= 0.3 is 0 Å². The quantitative estimate of drug-likeness (QED) is 0.457. The summed E-state index contributed by atoms with van der Waals surface area (Å²) in [5.41, 5.74) is 2.10. The van der Waals surface area contributed by atoms with Crippen molar-refractivity contribution in [3.05, 3.63) is 41.2 Å². The number of amides is 2. The van der Waals surface area contributed by atoms with Gasteiger partial charge in [-0.2, -0.15) is 5.10 Å². The Morgan fingerprint density at radius 1 is 0.875 bits per heavy atom. The summed E-state index contributed by atoms with van der Waals surface area (Å²) in [4.78, 5) is 49.1. The number of fused-ring (bicyclic) bond motifs is 2. The van der Waals surface area contributed by atoms with E-state index < -0.39 is 11.9 Å². The van der Waals surface area contributed by atoms with Crippen LogP contribution in [0.25, 0.3) is 0 Å². The number of nitrogens with zero attached hydrogens (tertiary/aromatic N) is 2. The van der Waals surface area contributed by atoms with Crippen LogP contribution in [0.5, 0.6) is 5.75 Å². The number of Topliss-reactive ketones (excluding diaryl/α,β-unsaturated/α-hetero) is 2. The van der Waals surface area contributed by atoms with Crippen molar-refractivity contribution in [1.29, 1.82) is 0 Å². The number of aromatic nitrogens is 2. The van der Waals surface area contributed by atoms with Gasteiger partial charge in [0.05, 0.1) is 41.4 Å². The molecule has 2 saturated heterocycles. The zero-order valence-electron chi connectivity index (χ0n) is 29.5. The van der Waals surface area contributed by atoms with Crippen LogP contribution in [0.4, 0.5) is 5.69 Å². The van der Waals surface area contributed by atoms with Gasteiger partial charge in [-0.05, 0) is 79.4 Å². The molecule has 0 radical (unpaired) electrons. The number of aromatic amines is 1. The molecule has 1 atom stereocenters. The van der Waals surface area contributed by atoms with E-state index in [1.54, 1.807) is 13.1 Å². The van der Waals surface area contributed by atoms with E-state index in [9.17, 15) is 19.2 Å². The van der Waals surface area contributed by atoms with E-state index in [1.807, 2.05) is 59.7 Å². The predicted molar refractivity (Wildman–Crippen MR) is 180 cm³/mol. The largest absolute Gasteiger partial charge is 0.489 e. The molecule has 0 aliphatic carbocycles. The number of ketones is 2. The van der Waals surface area contributed by atoms with Crippen LogP contribution >= 0.6 is 0 Å². The molecule has 6 rings (SSSR count). The number of ether oxygens (including phenoxy) is 4. The van der Waals surface area contributed by atoms with Crippen LogP contribution in [-0.2, 0) is 41.6 Å². The van der Waals surface area contributed by atoms with Crippen LogP contribution in [0.1, 0.15) is 108 Å². The maximum Gasteiger partial charge on any atom is 0.272 e. The van der Waals surface area contributed by atoms with E-state index >= 15 is 0 Å². The highest BCUT2D eigenvalue weighted by atomic mass is 16.5. The Bertz CT molecular complexity index is 1460. The predicted octanol–water partition coefficient (Wildman–Crippen LogP) is 4.87. The van der Waals surface area contributed by atoms with Crippen molar-refractivity contribution >= 4 is 29.1 Å². The third kappa shape index (κ3) is 10.4. The average molecular weight is 669 g/mol. The molecule has 264 valence electrons. The first-order chi connectivity index (χ1) is 22.6. The van der Waals surface area contributed by atoms with E-state index in [0.717, 1.165) is 37.1 Å². The minimum atomic E-state index is -0.796. The maximum absolute atomic E-state index is 12.9. The van der Waals surface area contributed by atoms with Crippen molar-refractivity contribution in [2.24, 2.45) is 0 Å². The Kier molecular flexibility index (Phi) is 12.2. The average Bonchev–Trinajstić information content (AvgIpc) is 3.08. The fraction of sp³-hybridized carbons (Fsp3) is 0.639. The smallest absolute Gasteiger partial charge is 0.272 e. The van der Waals surface area contributed by atoms with Gasteiger partial charge in [0.1, 0.15) is 30.0 Å². The van der Waals surface area contributed by atoms with Gasteiger partial charge in [-0.3, -0.25) is 24.3 Å². The number of hydrogen-bond acceptors (Lipinski definition) is 9. The summed E-state index contributed by atoms with van der Waals surface area (Å²) in [6.45, 7) is 13.8. The van der Waals surface area contributed by atoms with Gasteiger partial charge in [0.15, 0.2) is 5.69 Å². The Hall–Kier alpha value is -3.61. The molecule has 4 aliphatic heterocycles. The normalized spacial score (nSPS) is 23.1. The standard InChI is InChI=1S/C20H24N4O4.2C8H14O2/c1-20(2)9-8-12-13(11-28-20)22-23-17(12)18(25)21-14-10-27-16-7-5-4-6-15(16)24(3)19(14)26;1-8(2)5-3-7(9)4-6-10-8;1-8(2)6-7(9)4-3-5-10-8/h4-7,14H,8-11H2,1-3H3,(H,21,25)(H,22,23);2*3-6H2,1-2H3/t14-;;/m0../s1. The molecule has 2 amide bonds. The summed E-state index contributed by atoms with van der Waals surface area (Å²) >= 11 is 0. The van der Waals surface area contributed by atoms with Crippen molar-refractivity contribution < 1.29 is 38.1 Å². The van der Waals surface area contributed by atoms with Gasteiger partial charge in [-0.1, -0.05) is 12.1 Å². The molecule has 1 aromatic heterocycles. The molecule has 2 aromatic rings. The topological polar surface area (TPSA) is 149 Å². The maximum atomic E-state index is 12.9. The van der Waals surface area contributed by atoms with Gasteiger partial charge < -0.3 is 29.2 Å². The molecule has 2 fully saturated rings. The van der Waals surface area contributed by atoms with Crippen molar-refractivity contribution in [3.8, 4) is 5.75 Å². The number of benzene rings is 1. The summed E-state index contributed by atoms with van der Waals surface area (Å²) < 4.78 is 22.5. The molecule has 2 N–H and O–H groups in total. The molecule has 12 heteroatoms. The Labute approximate surface area is 283 Å². The van der Waals surface area contributed by atoms with E-state index in [1.165, 1.54) is 4.90 Å².